The average molecular weight is 412 g/mol. The van der Waals surface area contributed by atoms with Crippen molar-refractivity contribution in [2.75, 3.05) is 33.4 Å². The minimum atomic E-state index is -0.582. The molecule has 0 aromatic rings. The van der Waals surface area contributed by atoms with E-state index in [1.807, 2.05) is 0 Å². The second-order valence-electron chi connectivity index (χ2n) is 7.05. The summed E-state index contributed by atoms with van der Waals surface area (Å²) < 4.78 is 10.3. The maximum atomic E-state index is 12.3. The highest BCUT2D eigenvalue weighted by Crippen LogP contribution is 2.33. The lowest BCUT2D eigenvalue weighted by Gasteiger charge is -2.26. The fourth-order valence-corrected chi connectivity index (χ4v) is 4.28. The zero-order valence-corrected chi connectivity index (χ0v) is 17.1. The summed E-state index contributed by atoms with van der Waals surface area (Å²) >= 11 is 4.52. The van der Waals surface area contributed by atoms with Gasteiger partial charge in [-0.3, -0.25) is 9.69 Å². The van der Waals surface area contributed by atoms with E-state index in [1.165, 1.54) is 17.1 Å². The maximum Gasteiger partial charge on any atom is 0.410 e. The van der Waals surface area contributed by atoms with Gasteiger partial charge in [-0.1, -0.05) is 25.3 Å². The van der Waals surface area contributed by atoms with Gasteiger partial charge in [-0.05, 0) is 25.2 Å². The Labute approximate surface area is 171 Å². The summed E-state index contributed by atoms with van der Waals surface area (Å²) in [4.78, 5) is 40.0. The van der Waals surface area contributed by atoms with Gasteiger partial charge in [0.15, 0.2) is 0 Å². The van der Waals surface area contributed by atoms with Crippen LogP contribution in [0.4, 0.5) is 9.59 Å². The van der Waals surface area contributed by atoms with Crippen molar-refractivity contribution in [3.63, 3.8) is 0 Å². The number of rotatable bonds is 7. The molecular formula is C19H29N3O5S. The third kappa shape index (κ3) is 5.43. The molecule has 2 aliphatic heterocycles. The fourth-order valence-electron chi connectivity index (χ4n) is 3.86. The van der Waals surface area contributed by atoms with Crippen molar-refractivity contribution in [2.24, 2.45) is 5.92 Å². The topological polar surface area (TPSA) is 88.2 Å². The molecule has 3 unspecified atom stereocenters. The minimum absolute atomic E-state index is 0.0423. The molecule has 0 saturated carbocycles. The Kier molecular flexibility index (Phi) is 8.22. The molecule has 156 valence electrons. The molecule has 2 aliphatic rings. The SMILES string of the molecule is C=CCOC(=O)N1CC(S)CC1CC1C[C@@H](C(=O)NC)N(C(=O)OCC=C)C1. The number of likely N-dealkylation sites (tertiary alicyclic amines) is 2. The van der Waals surface area contributed by atoms with Crippen LogP contribution in [-0.2, 0) is 14.3 Å². The first-order chi connectivity index (χ1) is 13.4. The monoisotopic (exact) mass is 411 g/mol. The van der Waals surface area contributed by atoms with E-state index >= 15 is 0 Å². The molecule has 2 rings (SSSR count). The van der Waals surface area contributed by atoms with Crippen molar-refractivity contribution in [1.82, 2.24) is 15.1 Å². The summed E-state index contributed by atoms with van der Waals surface area (Å²) in [5.74, 6) is -0.157. The number of ether oxygens (including phenoxy) is 2. The first-order valence-electron chi connectivity index (χ1n) is 9.39. The van der Waals surface area contributed by atoms with Crippen molar-refractivity contribution >= 4 is 30.7 Å². The van der Waals surface area contributed by atoms with Crippen LogP contribution in [0.3, 0.4) is 0 Å². The number of nitrogens with zero attached hydrogens (tertiary/aromatic N) is 2. The van der Waals surface area contributed by atoms with Crippen LogP contribution in [0.25, 0.3) is 0 Å². The fraction of sp³-hybridized carbons (Fsp3) is 0.632. The quantitative estimate of drug-likeness (QED) is 0.493. The highest BCUT2D eigenvalue weighted by atomic mass is 32.1. The first-order valence-corrected chi connectivity index (χ1v) is 9.91. The van der Waals surface area contributed by atoms with Gasteiger partial charge in [0.25, 0.3) is 0 Å². The van der Waals surface area contributed by atoms with E-state index in [4.69, 9.17) is 9.47 Å². The molecule has 4 atom stereocenters. The number of hydrogen-bond donors (Lipinski definition) is 2. The number of likely N-dealkylation sites (N-methyl/N-ethyl adjacent to an activating group) is 1. The van der Waals surface area contributed by atoms with E-state index in [1.54, 1.807) is 11.9 Å². The van der Waals surface area contributed by atoms with E-state index in [2.05, 4.69) is 31.1 Å². The Balaban J connectivity index is 2.04. The number of carbonyl (C=O) groups excluding carboxylic acids is 3. The van der Waals surface area contributed by atoms with E-state index in [-0.39, 0.29) is 42.4 Å². The maximum absolute atomic E-state index is 12.3. The second kappa shape index (κ2) is 10.4. The predicted molar refractivity (Wildman–Crippen MR) is 108 cm³/mol. The Morgan fingerprint density at radius 1 is 1.07 bits per heavy atom. The molecule has 9 heteroatoms. The summed E-state index contributed by atoms with van der Waals surface area (Å²) in [6, 6.07) is -0.624. The van der Waals surface area contributed by atoms with Crippen LogP contribution in [0, 0.1) is 5.92 Å². The third-order valence-electron chi connectivity index (χ3n) is 5.05. The van der Waals surface area contributed by atoms with Crippen molar-refractivity contribution in [1.29, 1.82) is 0 Å². The van der Waals surface area contributed by atoms with E-state index in [0.717, 1.165) is 6.42 Å². The molecular weight excluding hydrogens is 382 g/mol. The van der Waals surface area contributed by atoms with Gasteiger partial charge in [-0.15, -0.1) is 0 Å². The molecule has 0 aromatic carbocycles. The predicted octanol–water partition coefficient (Wildman–Crippen LogP) is 1.83. The molecule has 2 heterocycles. The molecule has 2 fully saturated rings. The normalized spacial score (nSPS) is 26.6. The highest BCUT2D eigenvalue weighted by Gasteiger charge is 2.43. The molecule has 28 heavy (non-hydrogen) atoms. The smallest absolute Gasteiger partial charge is 0.410 e. The summed E-state index contributed by atoms with van der Waals surface area (Å²) in [5.41, 5.74) is 0. The Hall–Kier alpha value is -2.16. The number of nitrogens with one attached hydrogen (secondary N) is 1. The summed E-state index contributed by atoms with van der Waals surface area (Å²) in [5, 5.41) is 2.68. The second-order valence-corrected chi connectivity index (χ2v) is 7.78. The molecule has 0 radical (unpaired) electrons. The van der Waals surface area contributed by atoms with Crippen LogP contribution >= 0.6 is 12.6 Å². The lowest BCUT2D eigenvalue weighted by Crippen LogP contribution is -2.45. The van der Waals surface area contributed by atoms with Gasteiger partial charge >= 0.3 is 12.2 Å². The largest absolute Gasteiger partial charge is 0.445 e. The molecule has 0 aromatic heterocycles. The van der Waals surface area contributed by atoms with Crippen molar-refractivity contribution in [2.45, 2.75) is 36.6 Å². The van der Waals surface area contributed by atoms with E-state index in [9.17, 15) is 14.4 Å². The number of hydrogen-bond acceptors (Lipinski definition) is 6. The lowest BCUT2D eigenvalue weighted by atomic mass is 9.95. The molecule has 3 amide bonds. The van der Waals surface area contributed by atoms with Crippen LogP contribution in [-0.4, -0.2) is 78.6 Å². The number of amides is 3. The van der Waals surface area contributed by atoms with Crippen molar-refractivity contribution < 1.29 is 23.9 Å². The Morgan fingerprint density at radius 2 is 1.68 bits per heavy atom. The molecule has 8 nitrogen and oxygen atoms in total. The lowest BCUT2D eigenvalue weighted by molar-refractivity contribution is -0.124. The average Bonchev–Trinajstić information content (AvgIpc) is 3.27. The summed E-state index contributed by atoms with van der Waals surface area (Å²) in [6.07, 6.45) is 4.03. The minimum Gasteiger partial charge on any atom is -0.445 e. The molecule has 0 bridgehead atoms. The van der Waals surface area contributed by atoms with Crippen LogP contribution in [0.2, 0.25) is 0 Å². The first kappa shape index (κ1) is 22.1. The summed E-state index contributed by atoms with van der Waals surface area (Å²) in [7, 11) is 1.54. The number of carbonyl (C=O) groups is 3. The molecule has 2 saturated heterocycles. The van der Waals surface area contributed by atoms with Crippen LogP contribution in [0.5, 0.6) is 0 Å². The van der Waals surface area contributed by atoms with Gasteiger partial charge in [-0.2, -0.15) is 12.6 Å². The van der Waals surface area contributed by atoms with Gasteiger partial charge in [-0.25, -0.2) is 9.59 Å². The van der Waals surface area contributed by atoms with Gasteiger partial charge in [0.2, 0.25) is 5.91 Å². The van der Waals surface area contributed by atoms with E-state index < -0.39 is 12.1 Å². The van der Waals surface area contributed by atoms with Crippen molar-refractivity contribution in [3.8, 4) is 0 Å². The molecule has 0 aliphatic carbocycles. The highest BCUT2D eigenvalue weighted by molar-refractivity contribution is 7.81. The zero-order chi connectivity index (χ0) is 20.7. The summed E-state index contributed by atoms with van der Waals surface area (Å²) in [6.45, 7) is 8.24. The zero-order valence-electron chi connectivity index (χ0n) is 16.2. The van der Waals surface area contributed by atoms with Gasteiger partial charge in [0.1, 0.15) is 19.3 Å². The number of thiol groups is 1. The van der Waals surface area contributed by atoms with Crippen molar-refractivity contribution in [3.05, 3.63) is 25.3 Å². The Bertz CT molecular complexity index is 614. The Morgan fingerprint density at radius 3 is 2.25 bits per heavy atom. The third-order valence-corrected chi connectivity index (χ3v) is 5.43. The van der Waals surface area contributed by atoms with Gasteiger partial charge < -0.3 is 19.7 Å². The van der Waals surface area contributed by atoms with Crippen LogP contribution in [0.15, 0.2) is 25.3 Å². The van der Waals surface area contributed by atoms with Gasteiger partial charge in [0.05, 0.1) is 0 Å². The standard InChI is InChI=1S/C19H29N3O5S/c1-4-6-26-18(24)21-12-15(28)10-14(21)8-13-9-16(17(23)20-3)22(11-13)19(25)27-7-5-2/h4-5,13-16,28H,1-2,6-12H2,3H3,(H,20,23)/t13?,14?,15?,16-/m0/s1. The van der Waals surface area contributed by atoms with Crippen LogP contribution in [0.1, 0.15) is 19.3 Å². The molecule has 1 N–H and O–H groups in total. The van der Waals surface area contributed by atoms with Gasteiger partial charge in [0, 0.05) is 31.4 Å². The molecule has 0 spiro atoms. The van der Waals surface area contributed by atoms with Crippen LogP contribution < -0.4 is 5.32 Å². The van der Waals surface area contributed by atoms with E-state index in [0.29, 0.717) is 25.9 Å².